The predicted molar refractivity (Wildman–Crippen MR) is 82.4 cm³/mol. The highest BCUT2D eigenvalue weighted by Crippen LogP contribution is 2.17. The molecule has 1 amide bonds. The molecule has 0 spiro atoms. The highest BCUT2D eigenvalue weighted by atomic mass is 32.1. The first-order valence-corrected chi connectivity index (χ1v) is 6.80. The molecule has 1 atom stereocenters. The Balaban J connectivity index is 2.26. The molecule has 21 heavy (non-hydrogen) atoms. The van der Waals surface area contributed by atoms with Crippen LogP contribution in [0.15, 0.2) is 59.5 Å². The van der Waals surface area contributed by atoms with E-state index in [1.54, 1.807) is 48.5 Å². The standard InChI is InChI=1S/C16H15NO3S/c1-20-16(19)14(11-7-3-2-4-8-11)17-15(18)12-9-5-6-10-13(12)21/h2-10,14,21H,1H3,(H,17,18). The zero-order chi connectivity index (χ0) is 15.2. The SMILES string of the molecule is COC(=O)C(NC(=O)c1ccccc1S)c1ccccc1. The van der Waals surface area contributed by atoms with Crippen LogP contribution in [0.1, 0.15) is 22.0 Å². The van der Waals surface area contributed by atoms with Gasteiger partial charge in [-0.3, -0.25) is 4.79 Å². The van der Waals surface area contributed by atoms with Crippen molar-refractivity contribution >= 4 is 24.5 Å². The molecule has 4 nitrogen and oxygen atoms in total. The van der Waals surface area contributed by atoms with Crippen molar-refractivity contribution in [2.75, 3.05) is 7.11 Å². The highest BCUT2D eigenvalue weighted by molar-refractivity contribution is 7.80. The minimum Gasteiger partial charge on any atom is -0.467 e. The number of rotatable bonds is 4. The molecule has 5 heteroatoms. The highest BCUT2D eigenvalue weighted by Gasteiger charge is 2.24. The second-order valence-corrected chi connectivity index (χ2v) is 4.84. The lowest BCUT2D eigenvalue weighted by molar-refractivity contribution is -0.143. The van der Waals surface area contributed by atoms with Gasteiger partial charge >= 0.3 is 5.97 Å². The molecule has 2 aromatic carbocycles. The number of nitrogens with one attached hydrogen (secondary N) is 1. The Labute approximate surface area is 128 Å². The van der Waals surface area contributed by atoms with E-state index in [1.807, 2.05) is 6.07 Å². The van der Waals surface area contributed by atoms with Crippen LogP contribution in [0.5, 0.6) is 0 Å². The van der Waals surface area contributed by atoms with Gasteiger partial charge in [0.2, 0.25) is 0 Å². The molecule has 0 aliphatic heterocycles. The lowest BCUT2D eigenvalue weighted by Gasteiger charge is -2.17. The van der Waals surface area contributed by atoms with Crippen molar-refractivity contribution in [3.63, 3.8) is 0 Å². The molecule has 0 heterocycles. The first-order chi connectivity index (χ1) is 10.1. The maximum absolute atomic E-state index is 12.3. The number of carbonyl (C=O) groups excluding carboxylic acids is 2. The average molecular weight is 301 g/mol. The fraction of sp³-hybridized carbons (Fsp3) is 0.125. The largest absolute Gasteiger partial charge is 0.467 e. The molecule has 0 saturated heterocycles. The van der Waals surface area contributed by atoms with Crippen molar-refractivity contribution in [2.45, 2.75) is 10.9 Å². The molecule has 0 aliphatic carbocycles. The smallest absolute Gasteiger partial charge is 0.333 e. The van der Waals surface area contributed by atoms with Crippen LogP contribution in [-0.2, 0) is 9.53 Å². The van der Waals surface area contributed by atoms with Crippen LogP contribution < -0.4 is 5.32 Å². The Hall–Kier alpha value is -2.27. The van der Waals surface area contributed by atoms with Gasteiger partial charge in [-0.2, -0.15) is 0 Å². The summed E-state index contributed by atoms with van der Waals surface area (Å²) in [6, 6.07) is 15.0. The third-order valence-corrected chi connectivity index (χ3v) is 3.38. The summed E-state index contributed by atoms with van der Waals surface area (Å²) in [6.07, 6.45) is 0. The second kappa shape index (κ2) is 6.95. The first kappa shape index (κ1) is 15.1. The summed E-state index contributed by atoms with van der Waals surface area (Å²) < 4.78 is 4.76. The van der Waals surface area contributed by atoms with E-state index in [9.17, 15) is 9.59 Å². The van der Waals surface area contributed by atoms with Crippen LogP contribution in [0, 0.1) is 0 Å². The summed E-state index contributed by atoms with van der Waals surface area (Å²) in [5.74, 6) is -0.897. The van der Waals surface area contributed by atoms with E-state index in [2.05, 4.69) is 17.9 Å². The normalized spacial score (nSPS) is 11.5. The summed E-state index contributed by atoms with van der Waals surface area (Å²) in [7, 11) is 1.29. The topological polar surface area (TPSA) is 55.4 Å². The zero-order valence-corrected chi connectivity index (χ0v) is 12.3. The van der Waals surface area contributed by atoms with E-state index < -0.39 is 12.0 Å². The summed E-state index contributed by atoms with van der Waals surface area (Å²) >= 11 is 4.24. The third-order valence-electron chi connectivity index (χ3n) is 2.99. The fourth-order valence-electron chi connectivity index (χ4n) is 1.92. The van der Waals surface area contributed by atoms with Crippen molar-refractivity contribution in [2.24, 2.45) is 0 Å². The van der Waals surface area contributed by atoms with E-state index in [4.69, 9.17) is 4.74 Å². The van der Waals surface area contributed by atoms with Gasteiger partial charge < -0.3 is 10.1 Å². The molecule has 108 valence electrons. The molecular weight excluding hydrogens is 286 g/mol. The minimum absolute atomic E-state index is 0.375. The Morgan fingerprint density at radius 2 is 1.67 bits per heavy atom. The van der Waals surface area contributed by atoms with Crippen molar-refractivity contribution in [3.8, 4) is 0 Å². The number of hydrogen-bond donors (Lipinski definition) is 2. The summed E-state index contributed by atoms with van der Waals surface area (Å²) in [5, 5.41) is 2.68. The monoisotopic (exact) mass is 301 g/mol. The molecule has 1 unspecified atom stereocenters. The quantitative estimate of drug-likeness (QED) is 0.674. The molecule has 0 fully saturated rings. The van der Waals surface area contributed by atoms with E-state index in [-0.39, 0.29) is 5.91 Å². The lowest BCUT2D eigenvalue weighted by atomic mass is 10.1. The number of ether oxygens (including phenoxy) is 1. The molecule has 0 bridgehead atoms. The number of methoxy groups -OCH3 is 1. The van der Waals surface area contributed by atoms with Crippen molar-refractivity contribution in [3.05, 3.63) is 65.7 Å². The molecule has 0 aromatic heterocycles. The number of benzene rings is 2. The minimum atomic E-state index is -0.850. The lowest BCUT2D eigenvalue weighted by Crippen LogP contribution is -2.34. The second-order valence-electron chi connectivity index (χ2n) is 4.36. The van der Waals surface area contributed by atoms with Crippen LogP contribution in [0.3, 0.4) is 0 Å². The van der Waals surface area contributed by atoms with E-state index in [0.29, 0.717) is 16.0 Å². The zero-order valence-electron chi connectivity index (χ0n) is 11.4. The maximum atomic E-state index is 12.3. The van der Waals surface area contributed by atoms with E-state index >= 15 is 0 Å². The third kappa shape index (κ3) is 3.64. The van der Waals surface area contributed by atoms with E-state index in [1.165, 1.54) is 7.11 Å². The van der Waals surface area contributed by atoms with Crippen molar-refractivity contribution < 1.29 is 14.3 Å². The maximum Gasteiger partial charge on any atom is 0.333 e. The molecule has 0 radical (unpaired) electrons. The Bertz CT molecular complexity index is 643. The summed E-state index contributed by atoms with van der Waals surface area (Å²) in [6.45, 7) is 0. The Kier molecular flexibility index (Phi) is 5.00. The number of esters is 1. The molecule has 1 N–H and O–H groups in total. The molecule has 0 aliphatic rings. The Morgan fingerprint density at radius 1 is 1.05 bits per heavy atom. The number of hydrogen-bond acceptors (Lipinski definition) is 4. The van der Waals surface area contributed by atoms with Gasteiger partial charge in [-0.05, 0) is 17.7 Å². The van der Waals surface area contributed by atoms with Crippen LogP contribution in [0.4, 0.5) is 0 Å². The van der Waals surface area contributed by atoms with Gasteiger partial charge in [0.25, 0.3) is 5.91 Å². The molecular formula is C16H15NO3S. The first-order valence-electron chi connectivity index (χ1n) is 6.35. The summed E-state index contributed by atoms with van der Waals surface area (Å²) in [5.41, 5.74) is 1.07. The predicted octanol–water partition coefficient (Wildman–Crippen LogP) is 2.62. The van der Waals surface area contributed by atoms with Gasteiger partial charge in [-0.25, -0.2) is 4.79 Å². The van der Waals surface area contributed by atoms with Gasteiger partial charge in [-0.1, -0.05) is 42.5 Å². The van der Waals surface area contributed by atoms with Gasteiger partial charge in [0.1, 0.15) is 0 Å². The van der Waals surface area contributed by atoms with Crippen LogP contribution in [-0.4, -0.2) is 19.0 Å². The Morgan fingerprint density at radius 3 is 2.29 bits per heavy atom. The van der Waals surface area contributed by atoms with Crippen molar-refractivity contribution in [1.29, 1.82) is 0 Å². The average Bonchev–Trinajstić information content (AvgIpc) is 2.53. The van der Waals surface area contributed by atoms with Gasteiger partial charge in [-0.15, -0.1) is 12.6 Å². The molecule has 0 saturated carbocycles. The van der Waals surface area contributed by atoms with Crippen molar-refractivity contribution in [1.82, 2.24) is 5.32 Å². The molecule has 2 rings (SSSR count). The van der Waals surface area contributed by atoms with Crippen LogP contribution >= 0.6 is 12.6 Å². The van der Waals surface area contributed by atoms with Crippen LogP contribution in [0.25, 0.3) is 0 Å². The molecule has 2 aromatic rings. The number of thiol groups is 1. The number of amides is 1. The fourth-order valence-corrected chi connectivity index (χ4v) is 2.18. The number of carbonyl (C=O) groups is 2. The van der Waals surface area contributed by atoms with Crippen LogP contribution in [0.2, 0.25) is 0 Å². The van der Waals surface area contributed by atoms with E-state index in [0.717, 1.165) is 0 Å². The van der Waals surface area contributed by atoms with Gasteiger partial charge in [0, 0.05) is 4.90 Å². The van der Waals surface area contributed by atoms with Gasteiger partial charge in [0.15, 0.2) is 6.04 Å². The van der Waals surface area contributed by atoms with Gasteiger partial charge in [0.05, 0.1) is 12.7 Å². The summed E-state index contributed by atoms with van der Waals surface area (Å²) in [4.78, 5) is 24.8.